The number of amides is 1. The predicted octanol–water partition coefficient (Wildman–Crippen LogP) is 4.34. The molecule has 0 radical (unpaired) electrons. The Kier molecular flexibility index (Phi) is 5.62. The summed E-state index contributed by atoms with van der Waals surface area (Å²) >= 11 is 5.88. The van der Waals surface area contributed by atoms with E-state index in [0.717, 1.165) is 25.4 Å². The maximum absolute atomic E-state index is 12.7. The second-order valence-electron chi connectivity index (χ2n) is 7.50. The molecular weight excluding hydrogens is 366 g/mol. The third kappa shape index (κ3) is 4.43. The molecule has 7 heteroatoms. The quantitative estimate of drug-likeness (QED) is 0.760. The van der Waals surface area contributed by atoms with Crippen molar-refractivity contribution in [2.75, 3.05) is 13.1 Å². The fourth-order valence-electron chi connectivity index (χ4n) is 4.23. The summed E-state index contributed by atoms with van der Waals surface area (Å²) in [6.07, 6.45) is 10.9. The van der Waals surface area contributed by atoms with Crippen molar-refractivity contribution in [3.8, 4) is 5.75 Å². The summed E-state index contributed by atoms with van der Waals surface area (Å²) in [6, 6.07) is 3.33. The fraction of sp³-hybridized carbons (Fsp3) is 0.550. The van der Waals surface area contributed by atoms with Gasteiger partial charge in [-0.2, -0.15) is 0 Å². The lowest BCUT2D eigenvalue weighted by Gasteiger charge is -2.27. The average Bonchev–Trinajstić information content (AvgIpc) is 3.37. The molecule has 1 unspecified atom stereocenters. The molecule has 0 bridgehead atoms. The van der Waals surface area contributed by atoms with Crippen molar-refractivity contribution in [2.24, 2.45) is 11.8 Å². The van der Waals surface area contributed by atoms with E-state index in [1.54, 1.807) is 18.3 Å². The summed E-state index contributed by atoms with van der Waals surface area (Å²) in [4.78, 5) is 18.6. The fourth-order valence-corrected chi connectivity index (χ4v) is 4.40. The summed E-state index contributed by atoms with van der Waals surface area (Å²) < 4.78 is 10.8. The Morgan fingerprint density at radius 2 is 2.04 bits per heavy atom. The van der Waals surface area contributed by atoms with Gasteiger partial charge in [-0.3, -0.25) is 9.78 Å². The standard InChI is InChI=1S/C20H24ClN3O3/c21-16-8-17(11-22-10-16)26-13-18-9-19(23-27-18)20(25)24-7-6-15(12-24)14-4-2-1-3-5-14/h8-11,14-15H,1-7,12-13H2. The molecule has 6 nitrogen and oxygen atoms in total. The van der Waals surface area contributed by atoms with E-state index in [0.29, 0.717) is 28.1 Å². The Hall–Kier alpha value is -2.08. The number of hydrogen-bond donors (Lipinski definition) is 0. The van der Waals surface area contributed by atoms with Crippen molar-refractivity contribution in [3.63, 3.8) is 0 Å². The van der Waals surface area contributed by atoms with Gasteiger partial charge in [-0.1, -0.05) is 48.9 Å². The van der Waals surface area contributed by atoms with Crippen molar-refractivity contribution in [1.29, 1.82) is 0 Å². The molecule has 1 saturated heterocycles. The zero-order valence-corrected chi connectivity index (χ0v) is 16.0. The first-order valence-corrected chi connectivity index (χ1v) is 10.0. The van der Waals surface area contributed by atoms with Gasteiger partial charge in [0.15, 0.2) is 11.5 Å². The van der Waals surface area contributed by atoms with E-state index in [1.807, 2.05) is 4.90 Å². The van der Waals surface area contributed by atoms with Crippen molar-refractivity contribution in [1.82, 2.24) is 15.0 Å². The van der Waals surface area contributed by atoms with E-state index in [1.165, 1.54) is 38.3 Å². The Bertz CT molecular complexity index is 788. The van der Waals surface area contributed by atoms with Gasteiger partial charge in [-0.15, -0.1) is 0 Å². The Labute approximate surface area is 163 Å². The predicted molar refractivity (Wildman–Crippen MR) is 101 cm³/mol. The van der Waals surface area contributed by atoms with E-state index in [2.05, 4.69) is 10.1 Å². The smallest absolute Gasteiger partial charge is 0.276 e. The molecule has 27 heavy (non-hydrogen) atoms. The highest BCUT2D eigenvalue weighted by Crippen LogP contribution is 2.35. The minimum atomic E-state index is -0.0484. The molecule has 1 atom stereocenters. The number of aromatic nitrogens is 2. The van der Waals surface area contributed by atoms with Crippen LogP contribution >= 0.6 is 11.6 Å². The highest BCUT2D eigenvalue weighted by molar-refractivity contribution is 6.30. The summed E-state index contributed by atoms with van der Waals surface area (Å²) in [6.45, 7) is 1.83. The Morgan fingerprint density at radius 3 is 2.85 bits per heavy atom. The van der Waals surface area contributed by atoms with Crippen LogP contribution in [0, 0.1) is 11.8 Å². The monoisotopic (exact) mass is 389 g/mol. The first-order valence-electron chi connectivity index (χ1n) is 9.67. The lowest BCUT2D eigenvalue weighted by Crippen LogP contribution is -2.30. The van der Waals surface area contributed by atoms with Crippen LogP contribution in [-0.2, 0) is 6.61 Å². The van der Waals surface area contributed by atoms with Gasteiger partial charge in [0.2, 0.25) is 0 Å². The average molecular weight is 390 g/mol. The van der Waals surface area contributed by atoms with Gasteiger partial charge in [-0.25, -0.2) is 0 Å². The molecular formula is C20H24ClN3O3. The number of nitrogens with zero attached hydrogens (tertiary/aromatic N) is 3. The van der Waals surface area contributed by atoms with Crippen LogP contribution in [0.4, 0.5) is 0 Å². The lowest BCUT2D eigenvalue weighted by molar-refractivity contribution is 0.0769. The van der Waals surface area contributed by atoms with Gasteiger partial charge in [0.1, 0.15) is 12.4 Å². The highest BCUT2D eigenvalue weighted by Gasteiger charge is 2.33. The van der Waals surface area contributed by atoms with E-state index in [9.17, 15) is 4.79 Å². The molecule has 0 aromatic carbocycles. The zero-order valence-electron chi connectivity index (χ0n) is 15.3. The summed E-state index contributed by atoms with van der Waals surface area (Å²) in [5, 5.41) is 4.44. The molecule has 1 saturated carbocycles. The van der Waals surface area contributed by atoms with Crippen LogP contribution in [0.5, 0.6) is 5.75 Å². The van der Waals surface area contributed by atoms with E-state index in [-0.39, 0.29) is 12.5 Å². The summed E-state index contributed by atoms with van der Waals surface area (Å²) in [5.74, 6) is 2.42. The molecule has 2 fully saturated rings. The normalized spacial score (nSPS) is 20.8. The second kappa shape index (κ2) is 8.30. The summed E-state index contributed by atoms with van der Waals surface area (Å²) in [5.41, 5.74) is 0.349. The number of carbonyl (C=O) groups is 1. The molecule has 2 aliphatic rings. The lowest BCUT2D eigenvalue weighted by atomic mass is 9.80. The van der Waals surface area contributed by atoms with Gasteiger partial charge in [0.05, 0.1) is 11.2 Å². The highest BCUT2D eigenvalue weighted by atomic mass is 35.5. The second-order valence-corrected chi connectivity index (χ2v) is 7.94. The molecule has 0 spiro atoms. The molecule has 2 aromatic rings. The van der Waals surface area contributed by atoms with Crippen molar-refractivity contribution in [3.05, 3.63) is 41.0 Å². The Balaban J connectivity index is 1.32. The van der Waals surface area contributed by atoms with E-state index < -0.39 is 0 Å². The van der Waals surface area contributed by atoms with Gasteiger partial charge in [0.25, 0.3) is 5.91 Å². The number of ether oxygens (including phenoxy) is 1. The molecule has 0 N–H and O–H groups in total. The molecule has 144 valence electrons. The number of carbonyl (C=O) groups excluding carboxylic acids is 1. The molecule has 4 rings (SSSR count). The number of likely N-dealkylation sites (tertiary alicyclic amines) is 1. The number of pyridine rings is 1. The molecule has 1 amide bonds. The first-order chi connectivity index (χ1) is 13.2. The maximum Gasteiger partial charge on any atom is 0.276 e. The van der Waals surface area contributed by atoms with Crippen LogP contribution in [-0.4, -0.2) is 34.0 Å². The maximum atomic E-state index is 12.7. The number of rotatable bonds is 5. The number of halogens is 1. The van der Waals surface area contributed by atoms with E-state index >= 15 is 0 Å². The molecule has 3 heterocycles. The third-order valence-electron chi connectivity index (χ3n) is 5.67. The van der Waals surface area contributed by atoms with Gasteiger partial charge < -0.3 is 14.2 Å². The molecule has 2 aromatic heterocycles. The topological polar surface area (TPSA) is 68.5 Å². The van der Waals surface area contributed by atoms with Gasteiger partial charge in [-0.05, 0) is 18.3 Å². The third-order valence-corrected chi connectivity index (χ3v) is 5.87. The minimum Gasteiger partial charge on any atom is -0.484 e. The van der Waals surface area contributed by atoms with Crippen LogP contribution < -0.4 is 4.74 Å². The van der Waals surface area contributed by atoms with E-state index in [4.69, 9.17) is 20.9 Å². The zero-order chi connectivity index (χ0) is 18.6. The van der Waals surface area contributed by atoms with Gasteiger partial charge in [0, 0.05) is 31.4 Å². The van der Waals surface area contributed by atoms with Crippen molar-refractivity contribution < 1.29 is 14.1 Å². The molecule has 1 aliphatic carbocycles. The van der Waals surface area contributed by atoms with Gasteiger partial charge >= 0.3 is 0 Å². The first kappa shape index (κ1) is 18.3. The van der Waals surface area contributed by atoms with Crippen LogP contribution in [0.3, 0.4) is 0 Å². The number of hydrogen-bond acceptors (Lipinski definition) is 5. The molecule has 1 aliphatic heterocycles. The largest absolute Gasteiger partial charge is 0.484 e. The SMILES string of the molecule is O=C(c1cc(COc2cncc(Cl)c2)on1)N1CCC(C2CCCCC2)C1. The minimum absolute atomic E-state index is 0.0484. The van der Waals surface area contributed by atoms with Crippen LogP contribution in [0.1, 0.15) is 54.8 Å². The van der Waals surface area contributed by atoms with Crippen molar-refractivity contribution in [2.45, 2.75) is 45.1 Å². The van der Waals surface area contributed by atoms with Crippen LogP contribution in [0.15, 0.2) is 29.0 Å². The van der Waals surface area contributed by atoms with Crippen molar-refractivity contribution >= 4 is 17.5 Å². The van der Waals surface area contributed by atoms with Crippen LogP contribution in [0.25, 0.3) is 0 Å². The van der Waals surface area contributed by atoms with Crippen LogP contribution in [0.2, 0.25) is 5.02 Å². The Morgan fingerprint density at radius 1 is 1.19 bits per heavy atom. The summed E-state index contributed by atoms with van der Waals surface area (Å²) in [7, 11) is 0.